The van der Waals surface area contributed by atoms with Gasteiger partial charge in [-0.15, -0.1) is 0 Å². The second kappa shape index (κ2) is 6.75. The summed E-state index contributed by atoms with van der Waals surface area (Å²) < 4.78 is 10.3. The van der Waals surface area contributed by atoms with Gasteiger partial charge in [-0.3, -0.25) is 4.79 Å². The van der Waals surface area contributed by atoms with Crippen molar-refractivity contribution >= 4 is 5.91 Å². The number of nitrogens with one attached hydrogen (secondary N) is 1. The van der Waals surface area contributed by atoms with Crippen molar-refractivity contribution < 1.29 is 14.3 Å². The molecule has 0 aliphatic carbocycles. The predicted octanol–water partition coefficient (Wildman–Crippen LogP) is 0.321. The van der Waals surface area contributed by atoms with Crippen molar-refractivity contribution in [2.45, 2.75) is 6.42 Å². The minimum Gasteiger partial charge on any atom is -0.493 e. The van der Waals surface area contributed by atoms with Crippen molar-refractivity contribution in [2.24, 2.45) is 5.73 Å². The standard InChI is InChI=1S/C12H18N2O3/c1-16-10-4-3-9(7-11(10)17-2)8-12(15)14-6-5-13/h3-4,7H,5-6,8,13H2,1-2H3,(H,14,15). The van der Waals surface area contributed by atoms with Gasteiger partial charge in [0.15, 0.2) is 11.5 Å². The van der Waals surface area contributed by atoms with Crippen LogP contribution in [0.15, 0.2) is 18.2 Å². The molecule has 0 saturated carbocycles. The van der Waals surface area contributed by atoms with Crippen LogP contribution in [0.3, 0.4) is 0 Å². The van der Waals surface area contributed by atoms with E-state index in [0.29, 0.717) is 31.0 Å². The molecule has 0 bridgehead atoms. The number of benzene rings is 1. The average molecular weight is 238 g/mol. The van der Waals surface area contributed by atoms with Crippen LogP contribution in [0, 0.1) is 0 Å². The molecule has 0 radical (unpaired) electrons. The molecule has 1 amide bonds. The lowest BCUT2D eigenvalue weighted by Gasteiger charge is -2.09. The van der Waals surface area contributed by atoms with Crippen LogP contribution in [0.4, 0.5) is 0 Å². The monoisotopic (exact) mass is 238 g/mol. The van der Waals surface area contributed by atoms with Crippen molar-refractivity contribution in [3.63, 3.8) is 0 Å². The Kier molecular flexibility index (Phi) is 5.29. The number of carbonyl (C=O) groups is 1. The highest BCUT2D eigenvalue weighted by molar-refractivity contribution is 5.78. The highest BCUT2D eigenvalue weighted by atomic mass is 16.5. The first kappa shape index (κ1) is 13.3. The highest BCUT2D eigenvalue weighted by Crippen LogP contribution is 2.27. The molecule has 5 heteroatoms. The van der Waals surface area contributed by atoms with Crippen LogP contribution in [-0.2, 0) is 11.2 Å². The van der Waals surface area contributed by atoms with Gasteiger partial charge >= 0.3 is 0 Å². The van der Waals surface area contributed by atoms with Crippen LogP contribution in [0.1, 0.15) is 5.56 Å². The lowest BCUT2D eigenvalue weighted by Crippen LogP contribution is -2.30. The molecule has 1 rings (SSSR count). The topological polar surface area (TPSA) is 73.6 Å². The van der Waals surface area contributed by atoms with Gasteiger partial charge in [0.25, 0.3) is 0 Å². The highest BCUT2D eigenvalue weighted by Gasteiger charge is 2.07. The molecule has 0 aliphatic rings. The number of hydrogen-bond acceptors (Lipinski definition) is 4. The molecule has 0 spiro atoms. The molecule has 0 aromatic heterocycles. The fourth-order valence-electron chi connectivity index (χ4n) is 1.45. The summed E-state index contributed by atoms with van der Waals surface area (Å²) in [6, 6.07) is 5.41. The van der Waals surface area contributed by atoms with Crippen molar-refractivity contribution in [3.8, 4) is 11.5 Å². The number of rotatable bonds is 6. The maximum absolute atomic E-state index is 11.5. The van der Waals surface area contributed by atoms with Gasteiger partial charge in [0.2, 0.25) is 5.91 Å². The van der Waals surface area contributed by atoms with Crippen LogP contribution in [0.2, 0.25) is 0 Å². The van der Waals surface area contributed by atoms with E-state index in [-0.39, 0.29) is 5.91 Å². The normalized spacial score (nSPS) is 9.82. The van der Waals surface area contributed by atoms with Crippen molar-refractivity contribution in [1.29, 1.82) is 0 Å². The van der Waals surface area contributed by atoms with Crippen molar-refractivity contribution in [1.82, 2.24) is 5.32 Å². The van der Waals surface area contributed by atoms with Crippen molar-refractivity contribution in [3.05, 3.63) is 23.8 Å². The molecule has 1 aromatic rings. The third kappa shape index (κ3) is 3.96. The van der Waals surface area contributed by atoms with Gasteiger partial charge in [-0.25, -0.2) is 0 Å². The number of carbonyl (C=O) groups excluding carboxylic acids is 1. The van der Waals surface area contributed by atoms with E-state index in [2.05, 4.69) is 5.32 Å². The summed E-state index contributed by atoms with van der Waals surface area (Å²) in [5, 5.41) is 2.71. The first-order chi connectivity index (χ1) is 8.21. The van der Waals surface area contributed by atoms with Crippen LogP contribution in [0.5, 0.6) is 11.5 Å². The molecule has 17 heavy (non-hydrogen) atoms. The quantitative estimate of drug-likeness (QED) is 0.748. The summed E-state index contributed by atoms with van der Waals surface area (Å²) in [7, 11) is 3.14. The van der Waals surface area contributed by atoms with Gasteiger partial charge in [0.1, 0.15) is 0 Å². The third-order valence-corrected chi connectivity index (χ3v) is 2.28. The van der Waals surface area contributed by atoms with Crippen LogP contribution in [-0.4, -0.2) is 33.2 Å². The molecule has 0 saturated heterocycles. The van der Waals surface area contributed by atoms with Crippen molar-refractivity contribution in [2.75, 3.05) is 27.3 Å². The molecule has 94 valence electrons. The van der Waals surface area contributed by atoms with Gasteiger partial charge in [-0.2, -0.15) is 0 Å². The number of amides is 1. The summed E-state index contributed by atoms with van der Waals surface area (Å²) in [5.41, 5.74) is 6.17. The second-order valence-electron chi connectivity index (χ2n) is 3.50. The van der Waals surface area contributed by atoms with E-state index in [1.54, 1.807) is 26.4 Å². The Hall–Kier alpha value is -1.75. The lowest BCUT2D eigenvalue weighted by atomic mass is 10.1. The summed E-state index contributed by atoms with van der Waals surface area (Å²) in [5.74, 6) is 1.22. The summed E-state index contributed by atoms with van der Waals surface area (Å²) in [4.78, 5) is 11.5. The molecule has 0 fully saturated rings. The van der Waals surface area contributed by atoms with Gasteiger partial charge in [0.05, 0.1) is 20.6 Å². The van der Waals surface area contributed by atoms with E-state index in [4.69, 9.17) is 15.2 Å². The third-order valence-electron chi connectivity index (χ3n) is 2.28. The Morgan fingerprint density at radius 2 is 2.00 bits per heavy atom. The second-order valence-corrected chi connectivity index (χ2v) is 3.50. The summed E-state index contributed by atoms with van der Waals surface area (Å²) in [6.45, 7) is 0.934. The summed E-state index contributed by atoms with van der Waals surface area (Å²) >= 11 is 0. The van der Waals surface area contributed by atoms with Gasteiger partial charge in [0, 0.05) is 13.1 Å². The Bertz CT molecular complexity index is 380. The van der Waals surface area contributed by atoms with E-state index in [1.165, 1.54) is 0 Å². The zero-order valence-corrected chi connectivity index (χ0v) is 10.2. The van der Waals surface area contributed by atoms with Crippen LogP contribution < -0.4 is 20.5 Å². The van der Waals surface area contributed by atoms with Crippen LogP contribution >= 0.6 is 0 Å². The molecule has 0 unspecified atom stereocenters. The molecular formula is C12H18N2O3. The number of hydrogen-bond donors (Lipinski definition) is 2. The Labute approximate surface area is 101 Å². The van der Waals surface area contributed by atoms with Gasteiger partial charge in [-0.1, -0.05) is 6.07 Å². The first-order valence-electron chi connectivity index (χ1n) is 5.39. The van der Waals surface area contributed by atoms with E-state index in [0.717, 1.165) is 5.56 Å². The molecular weight excluding hydrogens is 220 g/mol. The van der Waals surface area contributed by atoms with E-state index >= 15 is 0 Å². The van der Waals surface area contributed by atoms with E-state index in [9.17, 15) is 4.79 Å². The van der Waals surface area contributed by atoms with Gasteiger partial charge in [-0.05, 0) is 17.7 Å². The maximum atomic E-state index is 11.5. The average Bonchev–Trinajstić information content (AvgIpc) is 2.36. The SMILES string of the molecule is COc1ccc(CC(=O)NCCN)cc1OC. The van der Waals surface area contributed by atoms with E-state index in [1.807, 2.05) is 6.07 Å². The maximum Gasteiger partial charge on any atom is 0.224 e. The smallest absolute Gasteiger partial charge is 0.224 e. The molecule has 3 N–H and O–H groups in total. The fraction of sp³-hybridized carbons (Fsp3) is 0.417. The van der Waals surface area contributed by atoms with Gasteiger partial charge < -0.3 is 20.5 Å². The molecule has 0 heterocycles. The van der Waals surface area contributed by atoms with E-state index < -0.39 is 0 Å². The molecule has 0 aliphatic heterocycles. The van der Waals surface area contributed by atoms with Crippen LogP contribution in [0.25, 0.3) is 0 Å². The zero-order chi connectivity index (χ0) is 12.7. The number of nitrogens with two attached hydrogens (primary N) is 1. The molecule has 5 nitrogen and oxygen atoms in total. The minimum absolute atomic E-state index is 0.0531. The Morgan fingerprint density at radius 3 is 2.59 bits per heavy atom. The predicted molar refractivity (Wildman–Crippen MR) is 65.3 cm³/mol. The lowest BCUT2D eigenvalue weighted by molar-refractivity contribution is -0.120. The summed E-state index contributed by atoms with van der Waals surface area (Å²) in [6.07, 6.45) is 0.306. The minimum atomic E-state index is -0.0531. The Balaban J connectivity index is 2.68. The number of ether oxygens (including phenoxy) is 2. The molecule has 1 aromatic carbocycles. The Morgan fingerprint density at radius 1 is 1.29 bits per heavy atom. The fourth-order valence-corrected chi connectivity index (χ4v) is 1.45. The first-order valence-corrected chi connectivity index (χ1v) is 5.39. The molecule has 0 atom stereocenters. The zero-order valence-electron chi connectivity index (χ0n) is 10.2. The largest absolute Gasteiger partial charge is 0.493 e. The number of methoxy groups -OCH3 is 2.